The molecule has 0 aromatic carbocycles. The number of amides is 1. The number of nitrogens with one attached hydrogen (secondary N) is 2. The van der Waals surface area contributed by atoms with Crippen LogP contribution in [0.3, 0.4) is 0 Å². The average molecular weight is 296 g/mol. The third-order valence-electron chi connectivity index (χ3n) is 4.05. The third kappa shape index (κ3) is 3.55. The van der Waals surface area contributed by atoms with Crippen LogP contribution in [0.4, 0.5) is 0 Å². The Balaban J connectivity index is 1.93. The molecule has 0 spiro atoms. The van der Waals surface area contributed by atoms with Crippen LogP contribution in [0.1, 0.15) is 55.4 Å². The highest BCUT2D eigenvalue weighted by atomic mass is 32.1. The fraction of sp³-hybridized carbons (Fsp3) is 0.786. The van der Waals surface area contributed by atoms with E-state index in [1.54, 1.807) is 0 Å². The third-order valence-corrected chi connectivity index (χ3v) is 4.81. The average Bonchev–Trinajstić information content (AvgIpc) is 2.85. The van der Waals surface area contributed by atoms with E-state index in [0.29, 0.717) is 17.5 Å². The SMILES string of the molecule is CCCc1nnsc1C(=O)NCC1NCCCC1(C)C. The summed E-state index contributed by atoms with van der Waals surface area (Å²) in [5, 5.41) is 10.6. The Bertz CT molecular complexity index is 458. The minimum absolute atomic E-state index is 0.0355. The fourth-order valence-corrected chi connectivity index (χ4v) is 3.30. The number of carbonyl (C=O) groups is 1. The van der Waals surface area contributed by atoms with Gasteiger partial charge in [0.1, 0.15) is 4.88 Å². The van der Waals surface area contributed by atoms with Crippen molar-refractivity contribution in [3.8, 4) is 0 Å². The Morgan fingerprint density at radius 3 is 3.05 bits per heavy atom. The van der Waals surface area contributed by atoms with Crippen molar-refractivity contribution in [1.29, 1.82) is 0 Å². The lowest BCUT2D eigenvalue weighted by molar-refractivity contribution is 0.0932. The van der Waals surface area contributed by atoms with E-state index in [9.17, 15) is 4.79 Å². The van der Waals surface area contributed by atoms with Gasteiger partial charge in [0, 0.05) is 12.6 Å². The summed E-state index contributed by atoms with van der Waals surface area (Å²) in [6, 6.07) is 0.329. The Labute approximate surface area is 124 Å². The van der Waals surface area contributed by atoms with Gasteiger partial charge >= 0.3 is 0 Å². The first-order valence-electron chi connectivity index (χ1n) is 7.37. The Morgan fingerprint density at radius 2 is 2.35 bits per heavy atom. The molecule has 2 N–H and O–H groups in total. The van der Waals surface area contributed by atoms with E-state index in [1.807, 2.05) is 0 Å². The van der Waals surface area contributed by atoms with Gasteiger partial charge in [0.2, 0.25) is 0 Å². The van der Waals surface area contributed by atoms with Crippen LogP contribution in [0.5, 0.6) is 0 Å². The van der Waals surface area contributed by atoms with Crippen molar-refractivity contribution in [3.05, 3.63) is 10.6 Å². The lowest BCUT2D eigenvalue weighted by Crippen LogP contribution is -2.52. The highest BCUT2D eigenvalue weighted by molar-refractivity contribution is 7.08. The second kappa shape index (κ2) is 6.63. The van der Waals surface area contributed by atoms with E-state index in [2.05, 4.69) is 41.0 Å². The van der Waals surface area contributed by atoms with Crippen LogP contribution in [-0.2, 0) is 6.42 Å². The van der Waals surface area contributed by atoms with Crippen molar-refractivity contribution in [3.63, 3.8) is 0 Å². The van der Waals surface area contributed by atoms with E-state index in [1.165, 1.54) is 24.4 Å². The molecule has 2 rings (SSSR count). The van der Waals surface area contributed by atoms with E-state index < -0.39 is 0 Å². The molecule has 0 aliphatic carbocycles. The van der Waals surface area contributed by atoms with Crippen molar-refractivity contribution in [2.75, 3.05) is 13.1 Å². The maximum atomic E-state index is 12.2. The second-order valence-corrected chi connectivity index (χ2v) is 6.86. The summed E-state index contributed by atoms with van der Waals surface area (Å²) in [7, 11) is 0. The van der Waals surface area contributed by atoms with Crippen molar-refractivity contribution < 1.29 is 4.79 Å². The van der Waals surface area contributed by atoms with Crippen molar-refractivity contribution >= 4 is 17.4 Å². The summed E-state index contributed by atoms with van der Waals surface area (Å²) in [6.07, 6.45) is 4.19. The summed E-state index contributed by atoms with van der Waals surface area (Å²) >= 11 is 1.19. The van der Waals surface area contributed by atoms with Gasteiger partial charge in [-0.1, -0.05) is 31.7 Å². The van der Waals surface area contributed by atoms with Crippen molar-refractivity contribution in [1.82, 2.24) is 20.2 Å². The molecule has 1 atom stereocenters. The highest BCUT2D eigenvalue weighted by Gasteiger charge is 2.32. The fourth-order valence-electron chi connectivity index (χ4n) is 2.68. The topological polar surface area (TPSA) is 66.9 Å². The van der Waals surface area contributed by atoms with Crippen LogP contribution in [0, 0.1) is 5.41 Å². The van der Waals surface area contributed by atoms with Gasteiger partial charge in [0.05, 0.1) is 5.69 Å². The van der Waals surface area contributed by atoms with Crippen molar-refractivity contribution in [2.45, 2.75) is 52.5 Å². The molecule has 1 amide bonds. The second-order valence-electron chi connectivity index (χ2n) is 6.11. The molecule has 1 saturated heterocycles. The predicted octanol–water partition coefficient (Wildman–Crippen LogP) is 2.00. The van der Waals surface area contributed by atoms with Gasteiger partial charge in [-0.2, -0.15) is 0 Å². The number of carbonyl (C=O) groups excluding carboxylic acids is 1. The Hall–Kier alpha value is -1.01. The van der Waals surface area contributed by atoms with Crippen LogP contribution in [0.15, 0.2) is 0 Å². The molecule has 5 nitrogen and oxygen atoms in total. The zero-order valence-electron chi connectivity index (χ0n) is 12.5. The van der Waals surface area contributed by atoms with Crippen LogP contribution in [-0.4, -0.2) is 34.6 Å². The molecule has 0 bridgehead atoms. The molecule has 1 unspecified atom stereocenters. The number of aromatic nitrogens is 2. The molecule has 1 aliphatic heterocycles. The molecule has 0 saturated carbocycles. The minimum Gasteiger partial charge on any atom is -0.350 e. The van der Waals surface area contributed by atoms with Crippen LogP contribution in [0.25, 0.3) is 0 Å². The number of piperidine rings is 1. The predicted molar refractivity (Wildman–Crippen MR) is 81.0 cm³/mol. The van der Waals surface area contributed by atoms with Crippen LogP contribution < -0.4 is 10.6 Å². The number of aryl methyl sites for hydroxylation is 1. The van der Waals surface area contributed by atoms with Gasteiger partial charge in [-0.05, 0) is 42.8 Å². The number of hydrogen-bond donors (Lipinski definition) is 2. The van der Waals surface area contributed by atoms with E-state index >= 15 is 0 Å². The van der Waals surface area contributed by atoms with Gasteiger partial charge in [0.25, 0.3) is 5.91 Å². The lowest BCUT2D eigenvalue weighted by atomic mass is 9.77. The van der Waals surface area contributed by atoms with E-state index in [0.717, 1.165) is 25.1 Å². The maximum Gasteiger partial charge on any atom is 0.265 e. The van der Waals surface area contributed by atoms with Gasteiger partial charge in [-0.25, -0.2) is 0 Å². The smallest absolute Gasteiger partial charge is 0.265 e. The molecule has 0 radical (unpaired) electrons. The Kier molecular flexibility index (Phi) is 5.10. The quantitative estimate of drug-likeness (QED) is 0.872. The van der Waals surface area contributed by atoms with E-state index in [4.69, 9.17) is 0 Å². The van der Waals surface area contributed by atoms with Gasteiger partial charge in [0.15, 0.2) is 0 Å². The van der Waals surface area contributed by atoms with E-state index in [-0.39, 0.29) is 11.3 Å². The highest BCUT2D eigenvalue weighted by Crippen LogP contribution is 2.29. The van der Waals surface area contributed by atoms with Gasteiger partial charge < -0.3 is 10.6 Å². The van der Waals surface area contributed by atoms with Crippen LogP contribution in [0.2, 0.25) is 0 Å². The molecule has 2 heterocycles. The molecule has 1 aromatic heterocycles. The van der Waals surface area contributed by atoms with Gasteiger partial charge in [-0.15, -0.1) is 5.10 Å². The molecular formula is C14H24N4OS. The molecule has 6 heteroatoms. The molecule has 1 fully saturated rings. The summed E-state index contributed by atoms with van der Waals surface area (Å²) < 4.78 is 3.90. The lowest BCUT2D eigenvalue weighted by Gasteiger charge is -2.39. The summed E-state index contributed by atoms with van der Waals surface area (Å²) in [6.45, 7) is 8.29. The molecule has 1 aromatic rings. The molecular weight excluding hydrogens is 272 g/mol. The Morgan fingerprint density at radius 1 is 1.55 bits per heavy atom. The maximum absolute atomic E-state index is 12.2. The molecule has 20 heavy (non-hydrogen) atoms. The minimum atomic E-state index is -0.0355. The number of hydrogen-bond acceptors (Lipinski definition) is 5. The standard InChI is InChI=1S/C14H24N4OS/c1-4-6-10-12(20-18-17-10)13(19)16-9-11-14(2,3)7-5-8-15-11/h11,15H,4-9H2,1-3H3,(H,16,19). The monoisotopic (exact) mass is 296 g/mol. The van der Waals surface area contributed by atoms with Crippen LogP contribution >= 0.6 is 11.5 Å². The van der Waals surface area contributed by atoms with Gasteiger partial charge in [-0.3, -0.25) is 4.79 Å². The zero-order chi connectivity index (χ0) is 14.6. The number of rotatable bonds is 5. The summed E-state index contributed by atoms with van der Waals surface area (Å²) in [4.78, 5) is 12.9. The normalized spacial score (nSPS) is 21.6. The first-order chi connectivity index (χ1) is 9.54. The number of nitrogens with zero attached hydrogens (tertiary/aromatic N) is 2. The first kappa shape index (κ1) is 15.4. The molecule has 1 aliphatic rings. The first-order valence-corrected chi connectivity index (χ1v) is 8.14. The summed E-state index contributed by atoms with van der Waals surface area (Å²) in [5.74, 6) is -0.0355. The molecule has 112 valence electrons. The van der Waals surface area contributed by atoms with Crippen molar-refractivity contribution in [2.24, 2.45) is 5.41 Å². The summed E-state index contributed by atoms with van der Waals surface area (Å²) in [5.41, 5.74) is 1.05. The largest absolute Gasteiger partial charge is 0.350 e. The zero-order valence-corrected chi connectivity index (χ0v) is 13.3.